The lowest BCUT2D eigenvalue weighted by molar-refractivity contribution is -0.132. The number of piperidine rings is 1. The molecular weight excluding hydrogens is 380 g/mol. The van der Waals surface area contributed by atoms with Crippen LogP contribution in [0.4, 0.5) is 0 Å². The molecule has 1 fully saturated rings. The van der Waals surface area contributed by atoms with Gasteiger partial charge in [0.15, 0.2) is 0 Å². The summed E-state index contributed by atoms with van der Waals surface area (Å²) >= 11 is 3.41. The standard InChI is InChI=1S/C17H25BrN2O2.ClH/c1-13(19)14-7-9-20(10-8-14)17(21)6-3-11-22-16-5-2-4-15(18)12-16;/h2,4-5,12-14H,3,6-11,19H2,1H3;1H. The van der Waals surface area contributed by atoms with Crippen molar-refractivity contribution in [3.8, 4) is 5.75 Å². The summed E-state index contributed by atoms with van der Waals surface area (Å²) in [6.45, 7) is 4.31. The van der Waals surface area contributed by atoms with Crippen molar-refractivity contribution in [2.75, 3.05) is 19.7 Å². The Labute approximate surface area is 153 Å². The van der Waals surface area contributed by atoms with E-state index in [-0.39, 0.29) is 24.4 Å². The second kappa shape index (κ2) is 10.2. The van der Waals surface area contributed by atoms with Crippen LogP contribution in [-0.4, -0.2) is 36.5 Å². The first kappa shape index (κ1) is 20.3. The lowest BCUT2D eigenvalue weighted by Gasteiger charge is -2.33. The van der Waals surface area contributed by atoms with Crippen molar-refractivity contribution < 1.29 is 9.53 Å². The highest BCUT2D eigenvalue weighted by atomic mass is 79.9. The molecule has 2 rings (SSSR count). The summed E-state index contributed by atoms with van der Waals surface area (Å²) in [5.41, 5.74) is 5.93. The molecule has 1 unspecified atom stereocenters. The lowest BCUT2D eigenvalue weighted by Crippen LogP contribution is -2.42. The number of carbonyl (C=O) groups excluding carboxylic acids is 1. The summed E-state index contributed by atoms with van der Waals surface area (Å²) in [6, 6.07) is 7.98. The topological polar surface area (TPSA) is 55.6 Å². The van der Waals surface area contributed by atoms with Gasteiger partial charge in [0, 0.05) is 30.0 Å². The molecule has 1 aliphatic heterocycles. The third-order valence-corrected chi connectivity index (χ3v) is 4.73. The lowest BCUT2D eigenvalue weighted by atomic mass is 9.91. The molecule has 23 heavy (non-hydrogen) atoms. The Hall–Kier alpha value is -0.780. The van der Waals surface area contributed by atoms with Crippen molar-refractivity contribution in [1.29, 1.82) is 0 Å². The van der Waals surface area contributed by atoms with E-state index in [4.69, 9.17) is 10.5 Å². The average Bonchev–Trinajstić information content (AvgIpc) is 2.51. The van der Waals surface area contributed by atoms with Crippen LogP contribution in [-0.2, 0) is 4.79 Å². The van der Waals surface area contributed by atoms with Gasteiger partial charge in [0.2, 0.25) is 5.91 Å². The highest BCUT2D eigenvalue weighted by Gasteiger charge is 2.24. The van der Waals surface area contributed by atoms with Gasteiger partial charge in [-0.25, -0.2) is 0 Å². The number of rotatable bonds is 6. The smallest absolute Gasteiger partial charge is 0.222 e. The van der Waals surface area contributed by atoms with Crippen molar-refractivity contribution >= 4 is 34.2 Å². The predicted molar refractivity (Wildman–Crippen MR) is 99.1 cm³/mol. The molecule has 0 aromatic heterocycles. The molecule has 0 bridgehead atoms. The number of nitrogens with two attached hydrogens (primary N) is 1. The molecule has 2 N–H and O–H groups in total. The molecule has 1 atom stereocenters. The van der Waals surface area contributed by atoms with Crippen molar-refractivity contribution in [2.24, 2.45) is 11.7 Å². The van der Waals surface area contributed by atoms with E-state index in [1.807, 2.05) is 29.2 Å². The largest absolute Gasteiger partial charge is 0.494 e. The predicted octanol–water partition coefficient (Wildman–Crippen LogP) is 3.62. The number of likely N-dealkylation sites (tertiary alicyclic amines) is 1. The van der Waals surface area contributed by atoms with Gasteiger partial charge in [-0.1, -0.05) is 22.0 Å². The van der Waals surface area contributed by atoms with Crippen LogP contribution < -0.4 is 10.5 Å². The van der Waals surface area contributed by atoms with Gasteiger partial charge in [0.1, 0.15) is 5.75 Å². The Morgan fingerprint density at radius 2 is 2.13 bits per heavy atom. The Morgan fingerprint density at radius 3 is 2.74 bits per heavy atom. The van der Waals surface area contributed by atoms with Crippen molar-refractivity contribution in [2.45, 2.75) is 38.6 Å². The Balaban J connectivity index is 0.00000264. The maximum atomic E-state index is 12.2. The number of hydrogen-bond acceptors (Lipinski definition) is 3. The van der Waals surface area contributed by atoms with Gasteiger partial charge in [-0.05, 0) is 50.3 Å². The molecule has 1 amide bonds. The summed E-state index contributed by atoms with van der Waals surface area (Å²) in [4.78, 5) is 14.1. The number of benzene rings is 1. The first-order valence-corrected chi connectivity index (χ1v) is 8.77. The summed E-state index contributed by atoms with van der Waals surface area (Å²) in [6.07, 6.45) is 3.35. The number of carbonyl (C=O) groups is 1. The molecule has 0 aliphatic carbocycles. The Bertz CT molecular complexity index is 491. The molecule has 1 aromatic rings. The monoisotopic (exact) mass is 404 g/mol. The first-order chi connectivity index (χ1) is 10.6. The molecular formula is C17H26BrClN2O2. The van der Waals surface area contributed by atoms with Crippen LogP contribution >= 0.6 is 28.3 Å². The fourth-order valence-corrected chi connectivity index (χ4v) is 3.18. The van der Waals surface area contributed by atoms with E-state index in [2.05, 4.69) is 22.9 Å². The van der Waals surface area contributed by atoms with Crippen LogP contribution in [0.25, 0.3) is 0 Å². The zero-order chi connectivity index (χ0) is 15.9. The second-order valence-electron chi connectivity index (χ2n) is 5.99. The molecule has 1 aromatic carbocycles. The van der Waals surface area contributed by atoms with Crippen LogP contribution in [0.1, 0.15) is 32.6 Å². The zero-order valence-corrected chi connectivity index (χ0v) is 15.9. The molecule has 6 heteroatoms. The first-order valence-electron chi connectivity index (χ1n) is 7.98. The minimum absolute atomic E-state index is 0. The van der Waals surface area contributed by atoms with Crippen molar-refractivity contribution in [3.05, 3.63) is 28.7 Å². The van der Waals surface area contributed by atoms with Gasteiger partial charge >= 0.3 is 0 Å². The fourth-order valence-electron chi connectivity index (χ4n) is 2.80. The van der Waals surface area contributed by atoms with Gasteiger partial charge in [-0.2, -0.15) is 0 Å². The van der Waals surface area contributed by atoms with Gasteiger partial charge < -0.3 is 15.4 Å². The minimum Gasteiger partial charge on any atom is -0.494 e. The van der Waals surface area contributed by atoms with Gasteiger partial charge in [0.05, 0.1) is 6.61 Å². The molecule has 0 saturated carbocycles. The Morgan fingerprint density at radius 1 is 1.43 bits per heavy atom. The molecule has 1 aliphatic rings. The second-order valence-corrected chi connectivity index (χ2v) is 6.90. The van der Waals surface area contributed by atoms with Crippen LogP contribution in [0.5, 0.6) is 5.75 Å². The molecule has 0 spiro atoms. The summed E-state index contributed by atoms with van der Waals surface area (Å²) in [5, 5.41) is 0. The number of nitrogens with zero attached hydrogens (tertiary/aromatic N) is 1. The number of ether oxygens (including phenoxy) is 1. The van der Waals surface area contributed by atoms with E-state index >= 15 is 0 Å². The SMILES string of the molecule is CC(N)C1CCN(C(=O)CCCOc2cccc(Br)c2)CC1.Cl. The minimum atomic E-state index is 0. The van der Waals surface area contributed by atoms with E-state index in [9.17, 15) is 4.79 Å². The normalized spacial score (nSPS) is 16.6. The van der Waals surface area contributed by atoms with Gasteiger partial charge in [-0.15, -0.1) is 12.4 Å². The van der Waals surface area contributed by atoms with E-state index in [0.717, 1.165) is 42.6 Å². The zero-order valence-electron chi connectivity index (χ0n) is 13.5. The summed E-state index contributed by atoms with van der Waals surface area (Å²) in [7, 11) is 0. The van der Waals surface area contributed by atoms with E-state index in [1.54, 1.807) is 0 Å². The van der Waals surface area contributed by atoms with Crippen LogP contribution in [0.15, 0.2) is 28.7 Å². The third kappa shape index (κ3) is 6.69. The Kier molecular flexibility index (Phi) is 8.95. The maximum Gasteiger partial charge on any atom is 0.222 e. The molecule has 1 saturated heterocycles. The maximum absolute atomic E-state index is 12.2. The summed E-state index contributed by atoms with van der Waals surface area (Å²) in [5.74, 6) is 1.63. The van der Waals surface area contributed by atoms with E-state index in [0.29, 0.717) is 18.9 Å². The number of hydrogen-bond donors (Lipinski definition) is 1. The molecule has 130 valence electrons. The number of amides is 1. The van der Waals surface area contributed by atoms with Crippen molar-refractivity contribution in [3.63, 3.8) is 0 Å². The van der Waals surface area contributed by atoms with Crippen LogP contribution in [0.2, 0.25) is 0 Å². The number of halogens is 2. The highest BCUT2D eigenvalue weighted by Crippen LogP contribution is 2.21. The quantitative estimate of drug-likeness (QED) is 0.735. The van der Waals surface area contributed by atoms with Gasteiger partial charge in [0.25, 0.3) is 0 Å². The highest BCUT2D eigenvalue weighted by molar-refractivity contribution is 9.10. The van der Waals surface area contributed by atoms with Crippen LogP contribution in [0.3, 0.4) is 0 Å². The van der Waals surface area contributed by atoms with Gasteiger partial charge in [-0.3, -0.25) is 4.79 Å². The van der Waals surface area contributed by atoms with Crippen LogP contribution in [0, 0.1) is 5.92 Å². The van der Waals surface area contributed by atoms with E-state index < -0.39 is 0 Å². The summed E-state index contributed by atoms with van der Waals surface area (Å²) < 4.78 is 6.65. The average molecular weight is 406 g/mol. The van der Waals surface area contributed by atoms with Crippen molar-refractivity contribution in [1.82, 2.24) is 4.90 Å². The van der Waals surface area contributed by atoms with E-state index in [1.165, 1.54) is 0 Å². The third-order valence-electron chi connectivity index (χ3n) is 4.24. The molecule has 0 radical (unpaired) electrons. The molecule has 1 heterocycles. The molecule has 4 nitrogen and oxygen atoms in total. The fraction of sp³-hybridized carbons (Fsp3) is 0.588.